The molecule has 0 heterocycles. The first-order chi connectivity index (χ1) is 8.63. The second-order valence-corrected chi connectivity index (χ2v) is 5.48. The van der Waals surface area contributed by atoms with E-state index in [2.05, 4.69) is 32.0 Å². The highest BCUT2D eigenvalue weighted by atomic mass is 16.5. The minimum absolute atomic E-state index is 0.124. The fraction of sp³-hybridized carbons (Fsp3) is 0.562. The van der Waals surface area contributed by atoms with E-state index in [9.17, 15) is 4.79 Å². The maximum absolute atomic E-state index is 11.9. The van der Waals surface area contributed by atoms with Crippen LogP contribution in [0.2, 0.25) is 0 Å². The molecule has 0 aliphatic heterocycles. The van der Waals surface area contributed by atoms with Crippen molar-refractivity contribution in [2.75, 3.05) is 7.11 Å². The standard InChI is InChI=1S/C16H22O2/c1-11(2)15(16(17)18-3)14-9-8-12-6-4-5-7-13(12)10-14/h8-11,15H,4-7H2,1-3H3. The number of carbonyl (C=O) groups excluding carboxylic acids is 1. The molecule has 0 fully saturated rings. The number of ether oxygens (including phenoxy) is 1. The Morgan fingerprint density at radius 3 is 2.44 bits per heavy atom. The van der Waals surface area contributed by atoms with Gasteiger partial charge in [-0.25, -0.2) is 0 Å². The van der Waals surface area contributed by atoms with Gasteiger partial charge in [0.05, 0.1) is 13.0 Å². The molecule has 1 unspecified atom stereocenters. The Morgan fingerprint density at radius 2 is 1.83 bits per heavy atom. The predicted molar refractivity (Wildman–Crippen MR) is 72.7 cm³/mol. The second-order valence-electron chi connectivity index (χ2n) is 5.48. The molecule has 0 amide bonds. The first-order valence-corrected chi connectivity index (χ1v) is 6.83. The van der Waals surface area contributed by atoms with Crippen LogP contribution in [0.15, 0.2) is 18.2 Å². The smallest absolute Gasteiger partial charge is 0.313 e. The molecule has 2 heteroatoms. The van der Waals surface area contributed by atoms with Crippen molar-refractivity contribution in [3.8, 4) is 0 Å². The summed E-state index contributed by atoms with van der Waals surface area (Å²) in [4.78, 5) is 11.9. The fourth-order valence-electron chi connectivity index (χ4n) is 2.87. The molecule has 98 valence electrons. The summed E-state index contributed by atoms with van der Waals surface area (Å²) in [6, 6.07) is 6.52. The van der Waals surface area contributed by atoms with Crippen LogP contribution in [-0.4, -0.2) is 13.1 Å². The van der Waals surface area contributed by atoms with Gasteiger partial charge in [0.1, 0.15) is 0 Å². The van der Waals surface area contributed by atoms with Crippen molar-refractivity contribution in [1.82, 2.24) is 0 Å². The Labute approximate surface area is 109 Å². The molecular formula is C16H22O2. The van der Waals surface area contributed by atoms with E-state index >= 15 is 0 Å². The van der Waals surface area contributed by atoms with Crippen LogP contribution < -0.4 is 0 Å². The van der Waals surface area contributed by atoms with Crippen LogP contribution in [0.1, 0.15) is 49.3 Å². The molecule has 0 aromatic heterocycles. The van der Waals surface area contributed by atoms with E-state index in [0.29, 0.717) is 0 Å². The van der Waals surface area contributed by atoms with Gasteiger partial charge in [0, 0.05) is 0 Å². The Hall–Kier alpha value is -1.31. The zero-order chi connectivity index (χ0) is 13.1. The number of carbonyl (C=O) groups is 1. The molecule has 18 heavy (non-hydrogen) atoms. The van der Waals surface area contributed by atoms with Gasteiger partial charge in [-0.3, -0.25) is 4.79 Å². The molecule has 1 aliphatic carbocycles. The molecule has 0 radical (unpaired) electrons. The van der Waals surface area contributed by atoms with Crippen molar-refractivity contribution in [2.45, 2.75) is 45.4 Å². The molecule has 1 atom stereocenters. The lowest BCUT2D eigenvalue weighted by Gasteiger charge is -2.22. The Morgan fingerprint density at radius 1 is 1.17 bits per heavy atom. The number of benzene rings is 1. The largest absolute Gasteiger partial charge is 0.469 e. The van der Waals surface area contributed by atoms with Gasteiger partial charge in [0.15, 0.2) is 0 Å². The molecule has 0 spiro atoms. The predicted octanol–water partition coefficient (Wildman–Crippen LogP) is 3.48. The third kappa shape index (κ3) is 2.58. The van der Waals surface area contributed by atoms with E-state index in [1.165, 1.54) is 37.5 Å². The first kappa shape index (κ1) is 13.1. The van der Waals surface area contributed by atoms with E-state index in [0.717, 1.165) is 12.0 Å². The molecular weight excluding hydrogens is 224 g/mol. The normalized spacial score (nSPS) is 16.2. The van der Waals surface area contributed by atoms with Crippen molar-refractivity contribution in [3.63, 3.8) is 0 Å². The molecule has 1 aromatic rings. The van der Waals surface area contributed by atoms with E-state index < -0.39 is 0 Å². The van der Waals surface area contributed by atoms with Crippen LogP contribution in [0.5, 0.6) is 0 Å². The van der Waals surface area contributed by atoms with Crippen LogP contribution in [0.25, 0.3) is 0 Å². The zero-order valence-corrected chi connectivity index (χ0v) is 11.5. The number of fused-ring (bicyclic) bond motifs is 1. The molecule has 0 N–H and O–H groups in total. The average molecular weight is 246 g/mol. The average Bonchev–Trinajstić information content (AvgIpc) is 2.38. The van der Waals surface area contributed by atoms with Crippen molar-refractivity contribution >= 4 is 5.97 Å². The maximum atomic E-state index is 11.9. The first-order valence-electron chi connectivity index (χ1n) is 6.83. The maximum Gasteiger partial charge on any atom is 0.313 e. The van der Waals surface area contributed by atoms with Gasteiger partial charge < -0.3 is 4.74 Å². The number of hydrogen-bond acceptors (Lipinski definition) is 2. The summed E-state index contributed by atoms with van der Waals surface area (Å²) in [7, 11) is 1.47. The lowest BCUT2D eigenvalue weighted by molar-refractivity contribution is -0.143. The number of hydrogen-bond donors (Lipinski definition) is 0. The highest BCUT2D eigenvalue weighted by molar-refractivity contribution is 5.78. The summed E-state index contributed by atoms with van der Waals surface area (Å²) in [5.41, 5.74) is 3.99. The number of esters is 1. The lowest BCUT2D eigenvalue weighted by atomic mass is 9.84. The monoisotopic (exact) mass is 246 g/mol. The van der Waals surface area contributed by atoms with Crippen LogP contribution >= 0.6 is 0 Å². The van der Waals surface area contributed by atoms with Gasteiger partial charge in [0.25, 0.3) is 0 Å². The summed E-state index contributed by atoms with van der Waals surface area (Å²) in [5.74, 6) is 0.00192. The summed E-state index contributed by atoms with van der Waals surface area (Å²) in [6.45, 7) is 4.14. The SMILES string of the molecule is COC(=O)C(c1ccc2c(c1)CCCC2)C(C)C. The Bertz CT molecular complexity index is 435. The number of methoxy groups -OCH3 is 1. The van der Waals surface area contributed by atoms with E-state index in [1.807, 2.05) is 0 Å². The Balaban J connectivity index is 2.33. The Kier molecular flexibility index (Phi) is 4.05. The van der Waals surface area contributed by atoms with Gasteiger partial charge in [0.2, 0.25) is 0 Å². The second kappa shape index (κ2) is 5.55. The topological polar surface area (TPSA) is 26.3 Å². The van der Waals surface area contributed by atoms with Gasteiger partial charge in [-0.05, 0) is 48.3 Å². The molecule has 2 rings (SSSR count). The quantitative estimate of drug-likeness (QED) is 0.763. The molecule has 0 saturated heterocycles. The van der Waals surface area contributed by atoms with Crippen LogP contribution in [-0.2, 0) is 22.4 Å². The fourth-order valence-corrected chi connectivity index (χ4v) is 2.87. The molecule has 0 bridgehead atoms. The summed E-state index contributed by atoms with van der Waals surface area (Å²) in [5, 5.41) is 0. The highest BCUT2D eigenvalue weighted by Gasteiger charge is 2.25. The minimum atomic E-state index is -0.137. The van der Waals surface area contributed by atoms with E-state index in [4.69, 9.17) is 4.74 Å². The molecule has 1 aromatic carbocycles. The lowest BCUT2D eigenvalue weighted by Crippen LogP contribution is -2.20. The molecule has 1 aliphatic rings. The van der Waals surface area contributed by atoms with Crippen molar-refractivity contribution in [2.24, 2.45) is 5.92 Å². The molecule has 0 saturated carbocycles. The third-order valence-corrected chi connectivity index (χ3v) is 3.85. The van der Waals surface area contributed by atoms with Crippen LogP contribution in [0.4, 0.5) is 0 Å². The van der Waals surface area contributed by atoms with Crippen molar-refractivity contribution < 1.29 is 9.53 Å². The molecule has 2 nitrogen and oxygen atoms in total. The third-order valence-electron chi connectivity index (χ3n) is 3.85. The number of aryl methyl sites for hydroxylation is 2. The zero-order valence-electron chi connectivity index (χ0n) is 11.5. The van der Waals surface area contributed by atoms with Gasteiger partial charge in [-0.1, -0.05) is 32.0 Å². The van der Waals surface area contributed by atoms with E-state index in [-0.39, 0.29) is 17.8 Å². The summed E-state index contributed by atoms with van der Waals surface area (Å²) >= 11 is 0. The minimum Gasteiger partial charge on any atom is -0.469 e. The number of rotatable bonds is 3. The van der Waals surface area contributed by atoms with E-state index in [1.54, 1.807) is 0 Å². The van der Waals surface area contributed by atoms with Gasteiger partial charge >= 0.3 is 5.97 Å². The van der Waals surface area contributed by atoms with Gasteiger partial charge in [-0.2, -0.15) is 0 Å². The van der Waals surface area contributed by atoms with Gasteiger partial charge in [-0.15, -0.1) is 0 Å². The van der Waals surface area contributed by atoms with Crippen LogP contribution in [0.3, 0.4) is 0 Å². The summed E-state index contributed by atoms with van der Waals surface area (Å²) < 4.78 is 4.93. The van der Waals surface area contributed by atoms with Crippen LogP contribution in [0, 0.1) is 5.92 Å². The highest BCUT2D eigenvalue weighted by Crippen LogP contribution is 2.30. The van der Waals surface area contributed by atoms with Crippen molar-refractivity contribution in [3.05, 3.63) is 34.9 Å². The summed E-state index contributed by atoms with van der Waals surface area (Å²) in [6.07, 6.45) is 4.88. The van der Waals surface area contributed by atoms with Crippen molar-refractivity contribution in [1.29, 1.82) is 0 Å².